The second kappa shape index (κ2) is 6.69. The highest BCUT2D eigenvalue weighted by atomic mass is 16.5. The van der Waals surface area contributed by atoms with Gasteiger partial charge in [0, 0.05) is 50.6 Å². The Morgan fingerprint density at radius 2 is 2.20 bits per heavy atom. The van der Waals surface area contributed by atoms with Crippen molar-refractivity contribution in [2.75, 3.05) is 32.1 Å². The minimum absolute atomic E-state index is 0.00630. The molecule has 0 unspecified atom stereocenters. The molecule has 3 heterocycles. The largest absolute Gasteiger partial charge is 0.497 e. The molecule has 1 N–H and O–H groups in total. The molecule has 2 saturated heterocycles. The van der Waals surface area contributed by atoms with E-state index in [1.807, 2.05) is 30.1 Å². The Hall–Kier alpha value is -2.05. The molecule has 4 rings (SSSR count). The van der Waals surface area contributed by atoms with Crippen LogP contribution in [0.5, 0.6) is 5.75 Å². The van der Waals surface area contributed by atoms with Crippen molar-refractivity contribution in [2.24, 2.45) is 7.05 Å². The monoisotopic (exact) mass is 342 g/mol. The Morgan fingerprint density at radius 3 is 2.92 bits per heavy atom. The van der Waals surface area contributed by atoms with E-state index in [2.05, 4.69) is 33.6 Å². The molecule has 2 aliphatic heterocycles. The Kier molecular flexibility index (Phi) is 4.39. The molecule has 2 aromatic rings. The number of nitrogens with zero attached hydrogens (tertiary/aromatic N) is 3. The summed E-state index contributed by atoms with van der Waals surface area (Å²) in [5, 5.41) is 7.86. The van der Waals surface area contributed by atoms with Gasteiger partial charge >= 0.3 is 0 Å². The number of nitrogens with one attached hydrogen (secondary N) is 1. The predicted octanol–water partition coefficient (Wildman–Crippen LogP) is 2.27. The number of rotatable bonds is 5. The van der Waals surface area contributed by atoms with Gasteiger partial charge in [-0.1, -0.05) is 0 Å². The average Bonchev–Trinajstić information content (AvgIpc) is 3.31. The highest BCUT2D eigenvalue weighted by Crippen LogP contribution is 2.36. The minimum atomic E-state index is 0.00630. The lowest BCUT2D eigenvalue weighted by atomic mass is 9.97. The summed E-state index contributed by atoms with van der Waals surface area (Å²) in [6, 6.07) is 8.46. The topological polar surface area (TPSA) is 51.5 Å². The van der Waals surface area contributed by atoms with Crippen molar-refractivity contribution < 1.29 is 9.47 Å². The summed E-state index contributed by atoms with van der Waals surface area (Å²) in [6.07, 6.45) is 6.21. The van der Waals surface area contributed by atoms with E-state index in [9.17, 15) is 0 Å². The third kappa shape index (κ3) is 3.65. The van der Waals surface area contributed by atoms with Crippen molar-refractivity contribution in [3.63, 3.8) is 0 Å². The minimum Gasteiger partial charge on any atom is -0.497 e. The molecule has 6 heteroatoms. The number of anilines is 1. The third-order valence-corrected chi connectivity index (χ3v) is 5.23. The molecule has 6 nitrogen and oxygen atoms in total. The van der Waals surface area contributed by atoms with Gasteiger partial charge in [0.15, 0.2) is 0 Å². The molecular weight excluding hydrogens is 316 g/mol. The Labute approximate surface area is 148 Å². The van der Waals surface area contributed by atoms with Crippen LogP contribution in [0.4, 0.5) is 5.69 Å². The summed E-state index contributed by atoms with van der Waals surface area (Å²) in [6.45, 7) is 3.81. The first-order valence-electron chi connectivity index (χ1n) is 8.89. The van der Waals surface area contributed by atoms with Gasteiger partial charge in [-0.15, -0.1) is 0 Å². The summed E-state index contributed by atoms with van der Waals surface area (Å²) in [7, 11) is 3.65. The molecular formula is C19H26N4O2. The normalized spacial score (nSPS) is 26.4. The lowest BCUT2D eigenvalue weighted by Crippen LogP contribution is -2.33. The summed E-state index contributed by atoms with van der Waals surface area (Å²) >= 11 is 0. The fourth-order valence-electron chi connectivity index (χ4n) is 4.02. The number of hydrogen-bond acceptors (Lipinski definition) is 5. The van der Waals surface area contributed by atoms with Gasteiger partial charge in [-0.3, -0.25) is 9.58 Å². The van der Waals surface area contributed by atoms with Gasteiger partial charge in [0.25, 0.3) is 0 Å². The van der Waals surface area contributed by atoms with Crippen LogP contribution in [0.1, 0.15) is 18.4 Å². The number of aryl methyl sites for hydroxylation is 1. The third-order valence-electron chi connectivity index (χ3n) is 5.23. The van der Waals surface area contributed by atoms with Crippen LogP contribution in [-0.4, -0.2) is 53.1 Å². The first kappa shape index (κ1) is 16.4. The second-order valence-corrected chi connectivity index (χ2v) is 7.25. The molecule has 1 aromatic carbocycles. The lowest BCUT2D eigenvalue weighted by molar-refractivity contribution is 0.0120. The van der Waals surface area contributed by atoms with Gasteiger partial charge in [0.05, 0.1) is 31.6 Å². The molecule has 2 atom stereocenters. The number of aromatic nitrogens is 2. The van der Waals surface area contributed by atoms with Gasteiger partial charge in [-0.05, 0) is 30.7 Å². The first-order valence-corrected chi connectivity index (χ1v) is 8.89. The van der Waals surface area contributed by atoms with Gasteiger partial charge in [0.2, 0.25) is 0 Å². The molecule has 0 bridgehead atoms. The van der Waals surface area contributed by atoms with Gasteiger partial charge < -0.3 is 14.8 Å². The Balaban J connectivity index is 1.32. The van der Waals surface area contributed by atoms with E-state index in [0.717, 1.165) is 50.5 Å². The van der Waals surface area contributed by atoms with Crippen molar-refractivity contribution in [3.8, 4) is 5.75 Å². The van der Waals surface area contributed by atoms with Crippen molar-refractivity contribution in [1.82, 2.24) is 14.7 Å². The summed E-state index contributed by atoms with van der Waals surface area (Å²) in [5.41, 5.74) is 2.40. The molecule has 0 radical (unpaired) electrons. The molecule has 25 heavy (non-hydrogen) atoms. The van der Waals surface area contributed by atoms with Gasteiger partial charge in [0.1, 0.15) is 5.75 Å². The zero-order chi connectivity index (χ0) is 17.3. The van der Waals surface area contributed by atoms with Crippen molar-refractivity contribution >= 4 is 5.69 Å². The molecule has 134 valence electrons. The van der Waals surface area contributed by atoms with Gasteiger partial charge in [-0.25, -0.2) is 0 Å². The van der Waals surface area contributed by atoms with Crippen LogP contribution in [0, 0.1) is 0 Å². The molecule has 2 aliphatic rings. The molecule has 1 spiro atoms. The van der Waals surface area contributed by atoms with E-state index in [1.54, 1.807) is 7.11 Å². The summed E-state index contributed by atoms with van der Waals surface area (Å²) in [5.74, 6) is 0.881. The van der Waals surface area contributed by atoms with E-state index in [1.165, 1.54) is 5.56 Å². The van der Waals surface area contributed by atoms with Crippen LogP contribution in [0.15, 0.2) is 36.7 Å². The maximum Gasteiger partial charge on any atom is 0.119 e. The van der Waals surface area contributed by atoms with Crippen LogP contribution < -0.4 is 10.1 Å². The first-order chi connectivity index (χ1) is 12.1. The quantitative estimate of drug-likeness (QED) is 0.903. The van der Waals surface area contributed by atoms with E-state index in [4.69, 9.17) is 9.47 Å². The Bertz CT molecular complexity index is 714. The predicted molar refractivity (Wildman–Crippen MR) is 96.8 cm³/mol. The second-order valence-electron chi connectivity index (χ2n) is 7.25. The van der Waals surface area contributed by atoms with E-state index < -0.39 is 0 Å². The fraction of sp³-hybridized carbons (Fsp3) is 0.526. The summed E-state index contributed by atoms with van der Waals surface area (Å²) in [4.78, 5) is 2.48. The Morgan fingerprint density at radius 1 is 1.36 bits per heavy atom. The van der Waals surface area contributed by atoms with Crippen LogP contribution in [-0.2, 0) is 18.3 Å². The van der Waals surface area contributed by atoms with Crippen molar-refractivity contribution in [1.29, 1.82) is 0 Å². The number of ether oxygens (including phenoxy) is 2. The summed E-state index contributed by atoms with van der Waals surface area (Å²) < 4.78 is 13.3. The zero-order valence-electron chi connectivity index (χ0n) is 14.9. The average molecular weight is 342 g/mol. The highest BCUT2D eigenvalue weighted by molar-refractivity contribution is 5.47. The SMILES string of the molecule is COc1ccc(N[C@H]2CO[C@@]3(CCN(Cc4cnn(C)c4)C3)C2)cc1. The van der Waals surface area contributed by atoms with Crippen LogP contribution in [0.25, 0.3) is 0 Å². The molecule has 0 aliphatic carbocycles. The van der Waals surface area contributed by atoms with E-state index in [0.29, 0.717) is 6.04 Å². The van der Waals surface area contributed by atoms with E-state index >= 15 is 0 Å². The number of likely N-dealkylation sites (tertiary alicyclic amines) is 1. The molecule has 2 fully saturated rings. The smallest absolute Gasteiger partial charge is 0.119 e. The van der Waals surface area contributed by atoms with Crippen molar-refractivity contribution in [3.05, 3.63) is 42.2 Å². The standard InChI is InChI=1S/C19H26N4O2/c1-22-11-15(10-20-22)12-23-8-7-19(14-23)9-17(13-25-19)21-16-3-5-18(24-2)6-4-16/h3-6,10-11,17,21H,7-9,12-14H2,1-2H3/t17-,19+/m1/s1. The highest BCUT2D eigenvalue weighted by Gasteiger charge is 2.45. The molecule has 1 aromatic heterocycles. The van der Waals surface area contributed by atoms with Crippen LogP contribution in [0.2, 0.25) is 0 Å². The molecule has 0 saturated carbocycles. The zero-order valence-corrected chi connectivity index (χ0v) is 14.9. The lowest BCUT2D eigenvalue weighted by Gasteiger charge is -2.23. The van der Waals surface area contributed by atoms with Crippen LogP contribution >= 0.6 is 0 Å². The number of methoxy groups -OCH3 is 1. The maximum absolute atomic E-state index is 6.25. The number of hydrogen-bond donors (Lipinski definition) is 1. The molecule has 0 amide bonds. The van der Waals surface area contributed by atoms with Gasteiger partial charge in [-0.2, -0.15) is 5.10 Å². The van der Waals surface area contributed by atoms with Crippen LogP contribution in [0.3, 0.4) is 0 Å². The maximum atomic E-state index is 6.25. The van der Waals surface area contributed by atoms with E-state index in [-0.39, 0.29) is 5.60 Å². The fourth-order valence-corrected chi connectivity index (χ4v) is 4.02. The number of benzene rings is 1. The van der Waals surface area contributed by atoms with Crippen molar-refractivity contribution in [2.45, 2.75) is 31.0 Å².